The Bertz CT molecular complexity index is 928. The Balaban J connectivity index is 0.000000845. The van der Waals surface area contributed by atoms with Crippen molar-refractivity contribution < 1.29 is 40.3 Å². The Kier molecular flexibility index (Phi) is 7.23. The van der Waals surface area contributed by atoms with E-state index < -0.39 is 0 Å². The first kappa shape index (κ1) is 22.0. The summed E-state index contributed by atoms with van der Waals surface area (Å²) in [5, 5.41) is 2.67. The fourth-order valence-corrected chi connectivity index (χ4v) is 3.86. The SMILES string of the molecule is [F-].[F-].[F-].[Zr+4].c1ccc2c(c1)-c1ccccc1C2c1cc2ccccc2[cH-]1. The van der Waals surface area contributed by atoms with Gasteiger partial charge in [0.1, 0.15) is 0 Å². The first-order valence-corrected chi connectivity index (χ1v) is 7.75. The van der Waals surface area contributed by atoms with Crippen LogP contribution in [-0.4, -0.2) is 0 Å². The van der Waals surface area contributed by atoms with Crippen molar-refractivity contribution in [2.24, 2.45) is 0 Å². The van der Waals surface area contributed by atoms with E-state index in [9.17, 15) is 0 Å². The fraction of sp³-hybridized carbons (Fsp3) is 0.0455. The molecule has 0 spiro atoms. The Morgan fingerprint density at radius 3 is 1.69 bits per heavy atom. The van der Waals surface area contributed by atoms with Crippen molar-refractivity contribution in [1.82, 2.24) is 0 Å². The molecule has 0 aromatic heterocycles. The van der Waals surface area contributed by atoms with E-state index in [-0.39, 0.29) is 40.3 Å². The molecule has 1 aliphatic carbocycles. The minimum absolute atomic E-state index is 0. The maximum Gasteiger partial charge on any atom is 4.00 e. The molecule has 1 aliphatic rings. The molecule has 4 aromatic carbocycles. The molecule has 0 saturated heterocycles. The van der Waals surface area contributed by atoms with E-state index in [2.05, 4.69) is 84.9 Å². The second kappa shape index (κ2) is 8.55. The largest absolute Gasteiger partial charge is 4.00 e. The second-order valence-corrected chi connectivity index (χ2v) is 6.03. The summed E-state index contributed by atoms with van der Waals surface area (Å²) in [6, 6.07) is 30.9. The fourth-order valence-electron chi connectivity index (χ4n) is 3.86. The maximum absolute atomic E-state index is 2.35. The molecule has 0 N–H and O–H groups in total. The molecule has 0 amide bonds. The van der Waals surface area contributed by atoms with Crippen LogP contribution in [0.25, 0.3) is 21.9 Å². The molecule has 0 heterocycles. The summed E-state index contributed by atoms with van der Waals surface area (Å²) < 4.78 is 0. The molecular weight excluding hydrogens is 412 g/mol. The predicted molar refractivity (Wildman–Crippen MR) is 92.4 cm³/mol. The topological polar surface area (TPSA) is 0 Å². The van der Waals surface area contributed by atoms with Crippen molar-refractivity contribution in [3.8, 4) is 11.1 Å². The Labute approximate surface area is 169 Å². The van der Waals surface area contributed by atoms with E-state index >= 15 is 0 Å². The van der Waals surface area contributed by atoms with Crippen LogP contribution >= 0.6 is 0 Å². The zero-order chi connectivity index (χ0) is 14.5. The normalized spacial score (nSPS) is 11.2. The van der Waals surface area contributed by atoms with Gasteiger partial charge in [0.05, 0.1) is 0 Å². The summed E-state index contributed by atoms with van der Waals surface area (Å²) in [7, 11) is 0. The van der Waals surface area contributed by atoms with Gasteiger partial charge in [-0.15, -0.1) is 40.6 Å². The first-order valence-electron chi connectivity index (χ1n) is 7.75. The zero-order valence-electron chi connectivity index (χ0n) is 13.8. The van der Waals surface area contributed by atoms with Crippen LogP contribution in [0.5, 0.6) is 0 Å². The summed E-state index contributed by atoms with van der Waals surface area (Å²) in [5.41, 5.74) is 7.03. The number of rotatable bonds is 1. The standard InChI is InChI=1S/C22H15.3FH.Zr/c1-2-8-16-14-17(13-15(16)7-1)22-20-11-5-3-9-18(20)19-10-4-6-12-21(19)22;;;;/h1-14,22H;3*1H;/q-1;;;;+4/p-3. The number of hydrogen-bond acceptors (Lipinski definition) is 0. The van der Waals surface area contributed by atoms with Crippen LogP contribution in [0.15, 0.2) is 84.9 Å². The number of benzene rings is 3. The second-order valence-electron chi connectivity index (χ2n) is 6.03. The quantitative estimate of drug-likeness (QED) is 0.246. The Morgan fingerprint density at radius 1 is 0.615 bits per heavy atom. The molecule has 0 unspecified atom stereocenters. The molecule has 128 valence electrons. The van der Waals surface area contributed by atoms with Crippen molar-refractivity contribution in [1.29, 1.82) is 0 Å². The van der Waals surface area contributed by atoms with E-state index in [1.165, 1.54) is 38.6 Å². The summed E-state index contributed by atoms with van der Waals surface area (Å²) in [5.74, 6) is 0.361. The van der Waals surface area contributed by atoms with Crippen LogP contribution in [0.1, 0.15) is 22.6 Å². The maximum atomic E-state index is 2.35. The third kappa shape index (κ3) is 3.19. The summed E-state index contributed by atoms with van der Waals surface area (Å²) in [6.07, 6.45) is 0. The summed E-state index contributed by atoms with van der Waals surface area (Å²) in [4.78, 5) is 0. The number of fused-ring (bicyclic) bond motifs is 4. The van der Waals surface area contributed by atoms with E-state index in [4.69, 9.17) is 0 Å². The molecule has 0 atom stereocenters. The van der Waals surface area contributed by atoms with E-state index in [0.29, 0.717) is 5.92 Å². The van der Waals surface area contributed by atoms with Crippen molar-refractivity contribution >= 4 is 10.8 Å². The monoisotopic (exact) mass is 426 g/mol. The zero-order valence-corrected chi connectivity index (χ0v) is 16.3. The minimum Gasteiger partial charge on any atom is -1.00 e. The van der Waals surface area contributed by atoms with Gasteiger partial charge in [0, 0.05) is 5.92 Å². The van der Waals surface area contributed by atoms with E-state index in [1.54, 1.807) is 0 Å². The summed E-state index contributed by atoms with van der Waals surface area (Å²) in [6.45, 7) is 0. The van der Waals surface area contributed by atoms with E-state index in [0.717, 1.165) is 0 Å². The van der Waals surface area contributed by atoms with Crippen LogP contribution in [0, 0.1) is 0 Å². The average molecular weight is 428 g/mol. The van der Waals surface area contributed by atoms with Gasteiger partial charge < -0.3 is 14.1 Å². The predicted octanol–water partition coefficient (Wildman–Crippen LogP) is -3.27. The van der Waals surface area contributed by atoms with Crippen LogP contribution in [0.4, 0.5) is 0 Å². The van der Waals surface area contributed by atoms with Crippen LogP contribution in [-0.2, 0) is 26.2 Å². The van der Waals surface area contributed by atoms with E-state index in [1.807, 2.05) is 0 Å². The van der Waals surface area contributed by atoms with Gasteiger partial charge in [-0.3, -0.25) is 0 Å². The first-order chi connectivity index (χ1) is 10.9. The van der Waals surface area contributed by atoms with Gasteiger partial charge in [0.25, 0.3) is 0 Å². The van der Waals surface area contributed by atoms with Crippen LogP contribution in [0.3, 0.4) is 0 Å². The Hall–Kier alpha value is -2.06. The molecule has 0 radical (unpaired) electrons. The molecule has 0 fully saturated rings. The molecule has 0 saturated carbocycles. The van der Waals surface area contributed by atoms with Crippen molar-refractivity contribution in [3.63, 3.8) is 0 Å². The molecule has 5 rings (SSSR count). The van der Waals surface area contributed by atoms with Gasteiger partial charge in [-0.1, -0.05) is 54.6 Å². The van der Waals surface area contributed by atoms with Crippen LogP contribution < -0.4 is 14.1 Å². The molecule has 4 heteroatoms. The molecule has 0 nitrogen and oxygen atoms in total. The van der Waals surface area contributed by atoms with Crippen molar-refractivity contribution in [2.45, 2.75) is 5.92 Å². The van der Waals surface area contributed by atoms with Gasteiger partial charge >= 0.3 is 26.2 Å². The smallest absolute Gasteiger partial charge is 1.00 e. The third-order valence-corrected chi connectivity index (χ3v) is 4.81. The minimum atomic E-state index is 0. The van der Waals surface area contributed by atoms with Crippen LogP contribution in [0.2, 0.25) is 0 Å². The third-order valence-electron chi connectivity index (χ3n) is 4.81. The average Bonchev–Trinajstić information content (AvgIpc) is 3.13. The molecule has 0 aliphatic heterocycles. The Morgan fingerprint density at radius 2 is 1.12 bits per heavy atom. The van der Waals surface area contributed by atoms with Gasteiger partial charge in [0.2, 0.25) is 0 Å². The molecule has 26 heavy (non-hydrogen) atoms. The summed E-state index contributed by atoms with van der Waals surface area (Å²) >= 11 is 0. The van der Waals surface area contributed by atoms with Gasteiger partial charge in [-0.25, -0.2) is 0 Å². The molecular formula is C22H15F3Zr. The number of halogens is 3. The molecule has 4 aromatic rings. The van der Waals surface area contributed by atoms with Gasteiger partial charge in [-0.2, -0.15) is 6.07 Å². The number of hydrogen-bond donors (Lipinski definition) is 0. The van der Waals surface area contributed by atoms with Gasteiger partial charge in [-0.05, 0) is 22.3 Å². The van der Waals surface area contributed by atoms with Gasteiger partial charge in [0.15, 0.2) is 0 Å². The van der Waals surface area contributed by atoms with Crippen molar-refractivity contribution in [3.05, 3.63) is 102 Å². The van der Waals surface area contributed by atoms with Crippen molar-refractivity contribution in [2.75, 3.05) is 0 Å². The molecule has 0 bridgehead atoms.